The quantitative estimate of drug-likeness (QED) is 0.352. The fourth-order valence-electron chi connectivity index (χ4n) is 3.64. The smallest absolute Gasteiger partial charge is 0.119 e. The van der Waals surface area contributed by atoms with Crippen molar-refractivity contribution in [1.29, 1.82) is 0 Å². The first-order valence-electron chi connectivity index (χ1n) is 10.6. The minimum Gasteiger partial charge on any atom is -0.508 e. The average molecular weight is 333 g/mol. The third kappa shape index (κ3) is 7.73. The first kappa shape index (κ1) is 21.1. The Morgan fingerprint density at radius 3 is 1.71 bits per heavy atom. The predicted molar refractivity (Wildman–Crippen MR) is 107 cm³/mol. The zero-order chi connectivity index (χ0) is 17.6. The van der Waals surface area contributed by atoms with Crippen molar-refractivity contribution in [2.75, 3.05) is 0 Å². The molecule has 24 heavy (non-hydrogen) atoms. The van der Waals surface area contributed by atoms with Crippen LogP contribution in [0.2, 0.25) is 0 Å². The molecule has 1 heteroatoms. The molecule has 1 aromatic rings. The topological polar surface area (TPSA) is 20.2 Å². The molecule has 0 saturated heterocycles. The number of rotatable bonds is 14. The highest BCUT2D eigenvalue weighted by atomic mass is 16.3. The largest absolute Gasteiger partial charge is 0.508 e. The summed E-state index contributed by atoms with van der Waals surface area (Å²) in [6.45, 7) is 6.77. The van der Waals surface area contributed by atoms with E-state index in [2.05, 4.69) is 26.8 Å². The van der Waals surface area contributed by atoms with Gasteiger partial charge in [-0.1, -0.05) is 84.6 Å². The highest BCUT2D eigenvalue weighted by molar-refractivity contribution is 5.44. The number of aryl methyl sites for hydroxylation is 1. The first-order valence-corrected chi connectivity index (χ1v) is 10.6. The standard InChI is InChI=1S/C23H40O/c1-4-7-9-11-12-13-15-17-22-21(16-14-10-8-5-2)20(6-3)18-19-23(22)24/h18-19,24H,4-17H2,1-3H3. The highest BCUT2D eigenvalue weighted by Gasteiger charge is 2.12. The Hall–Kier alpha value is -0.980. The van der Waals surface area contributed by atoms with Crippen molar-refractivity contribution < 1.29 is 5.11 Å². The summed E-state index contributed by atoms with van der Waals surface area (Å²) >= 11 is 0. The Bertz CT molecular complexity index is 436. The summed E-state index contributed by atoms with van der Waals surface area (Å²) in [4.78, 5) is 0. The number of benzene rings is 1. The van der Waals surface area contributed by atoms with Crippen LogP contribution >= 0.6 is 0 Å². The summed E-state index contributed by atoms with van der Waals surface area (Å²) in [6, 6.07) is 4.06. The SMILES string of the molecule is CCCCCCCCCc1c(O)ccc(CC)c1CCCCCC. The van der Waals surface area contributed by atoms with E-state index in [-0.39, 0.29) is 0 Å². The van der Waals surface area contributed by atoms with E-state index < -0.39 is 0 Å². The minimum atomic E-state index is 0.531. The maximum absolute atomic E-state index is 10.4. The minimum absolute atomic E-state index is 0.531. The van der Waals surface area contributed by atoms with E-state index in [0.29, 0.717) is 5.75 Å². The van der Waals surface area contributed by atoms with Crippen LogP contribution in [0, 0.1) is 0 Å². The molecule has 0 radical (unpaired) electrons. The molecule has 1 aromatic carbocycles. The van der Waals surface area contributed by atoms with Crippen LogP contribution in [0.4, 0.5) is 0 Å². The maximum atomic E-state index is 10.4. The fourth-order valence-corrected chi connectivity index (χ4v) is 3.64. The first-order chi connectivity index (χ1) is 11.7. The molecule has 1 N–H and O–H groups in total. The monoisotopic (exact) mass is 332 g/mol. The van der Waals surface area contributed by atoms with Crippen LogP contribution in [0.3, 0.4) is 0 Å². The molecule has 0 bridgehead atoms. The van der Waals surface area contributed by atoms with E-state index in [1.54, 1.807) is 0 Å². The van der Waals surface area contributed by atoms with Crippen molar-refractivity contribution in [2.45, 2.75) is 111 Å². The van der Waals surface area contributed by atoms with Crippen LogP contribution in [-0.2, 0) is 19.3 Å². The normalized spacial score (nSPS) is 11.1. The fraction of sp³-hybridized carbons (Fsp3) is 0.739. The van der Waals surface area contributed by atoms with Crippen molar-refractivity contribution in [1.82, 2.24) is 0 Å². The molecule has 0 fully saturated rings. The van der Waals surface area contributed by atoms with Gasteiger partial charge in [-0.15, -0.1) is 0 Å². The second-order valence-corrected chi connectivity index (χ2v) is 7.24. The maximum Gasteiger partial charge on any atom is 0.119 e. The molecule has 0 aliphatic heterocycles. The summed E-state index contributed by atoms with van der Waals surface area (Å²) < 4.78 is 0. The van der Waals surface area contributed by atoms with E-state index >= 15 is 0 Å². The number of phenolic OH excluding ortho intramolecular Hbond substituents is 1. The molecule has 138 valence electrons. The van der Waals surface area contributed by atoms with Crippen LogP contribution < -0.4 is 0 Å². The van der Waals surface area contributed by atoms with Crippen molar-refractivity contribution in [3.8, 4) is 5.75 Å². The molecular weight excluding hydrogens is 292 g/mol. The van der Waals surface area contributed by atoms with Crippen molar-refractivity contribution in [3.05, 3.63) is 28.8 Å². The van der Waals surface area contributed by atoms with Gasteiger partial charge < -0.3 is 5.11 Å². The van der Waals surface area contributed by atoms with Crippen LogP contribution in [-0.4, -0.2) is 5.11 Å². The Kier molecular flexibility index (Phi) is 11.7. The summed E-state index contributed by atoms with van der Waals surface area (Å²) in [5.41, 5.74) is 4.15. The highest BCUT2D eigenvalue weighted by Crippen LogP contribution is 2.29. The summed E-state index contributed by atoms with van der Waals surface area (Å²) in [6.07, 6.45) is 17.8. The molecule has 0 aromatic heterocycles. The summed E-state index contributed by atoms with van der Waals surface area (Å²) in [5.74, 6) is 0.531. The van der Waals surface area contributed by atoms with E-state index in [4.69, 9.17) is 0 Å². The molecule has 1 nitrogen and oxygen atoms in total. The molecule has 0 atom stereocenters. The molecule has 0 aliphatic carbocycles. The summed E-state index contributed by atoms with van der Waals surface area (Å²) in [7, 11) is 0. The van der Waals surface area contributed by atoms with Crippen LogP contribution in [0.15, 0.2) is 12.1 Å². The van der Waals surface area contributed by atoms with Gasteiger partial charge in [0, 0.05) is 0 Å². The molecule has 0 heterocycles. The zero-order valence-corrected chi connectivity index (χ0v) is 16.5. The van der Waals surface area contributed by atoms with Gasteiger partial charge in [-0.2, -0.15) is 0 Å². The Labute approximate surface area is 150 Å². The van der Waals surface area contributed by atoms with Crippen molar-refractivity contribution >= 4 is 0 Å². The van der Waals surface area contributed by atoms with Gasteiger partial charge in [-0.25, -0.2) is 0 Å². The van der Waals surface area contributed by atoms with Crippen LogP contribution in [0.5, 0.6) is 5.75 Å². The molecule has 0 aliphatic rings. The molecule has 0 saturated carbocycles. The van der Waals surface area contributed by atoms with Crippen LogP contribution in [0.1, 0.15) is 108 Å². The lowest BCUT2D eigenvalue weighted by Gasteiger charge is -2.16. The molecule has 1 rings (SSSR count). The van der Waals surface area contributed by atoms with Gasteiger partial charge in [-0.05, 0) is 54.9 Å². The lowest BCUT2D eigenvalue weighted by molar-refractivity contribution is 0.463. The van der Waals surface area contributed by atoms with E-state index in [1.165, 1.54) is 87.3 Å². The Morgan fingerprint density at radius 2 is 1.12 bits per heavy atom. The lowest BCUT2D eigenvalue weighted by Crippen LogP contribution is -2.01. The number of hydrogen-bond donors (Lipinski definition) is 1. The van der Waals surface area contributed by atoms with E-state index in [9.17, 15) is 5.11 Å². The van der Waals surface area contributed by atoms with Gasteiger partial charge >= 0.3 is 0 Å². The summed E-state index contributed by atoms with van der Waals surface area (Å²) in [5, 5.41) is 10.4. The van der Waals surface area contributed by atoms with Gasteiger partial charge in [0.05, 0.1) is 0 Å². The molecular formula is C23H40O. The third-order valence-electron chi connectivity index (χ3n) is 5.20. The van der Waals surface area contributed by atoms with Gasteiger partial charge in [0.25, 0.3) is 0 Å². The van der Waals surface area contributed by atoms with Gasteiger partial charge in [0.2, 0.25) is 0 Å². The third-order valence-corrected chi connectivity index (χ3v) is 5.20. The Morgan fingerprint density at radius 1 is 0.625 bits per heavy atom. The predicted octanol–water partition coefficient (Wildman–Crippen LogP) is 7.37. The number of aromatic hydroxyl groups is 1. The number of unbranched alkanes of at least 4 members (excludes halogenated alkanes) is 9. The van der Waals surface area contributed by atoms with Crippen molar-refractivity contribution in [2.24, 2.45) is 0 Å². The van der Waals surface area contributed by atoms with Gasteiger partial charge in [-0.3, -0.25) is 0 Å². The van der Waals surface area contributed by atoms with Gasteiger partial charge in [0.15, 0.2) is 0 Å². The van der Waals surface area contributed by atoms with Gasteiger partial charge in [0.1, 0.15) is 5.75 Å². The molecule has 0 unspecified atom stereocenters. The van der Waals surface area contributed by atoms with Crippen LogP contribution in [0.25, 0.3) is 0 Å². The van der Waals surface area contributed by atoms with Crippen molar-refractivity contribution in [3.63, 3.8) is 0 Å². The van der Waals surface area contributed by atoms with E-state index in [0.717, 1.165) is 19.3 Å². The molecule has 0 spiro atoms. The zero-order valence-electron chi connectivity index (χ0n) is 16.5. The van der Waals surface area contributed by atoms with E-state index in [1.807, 2.05) is 6.07 Å². The second kappa shape index (κ2) is 13.3. The number of hydrogen-bond acceptors (Lipinski definition) is 1. The lowest BCUT2D eigenvalue weighted by atomic mass is 9.90. The second-order valence-electron chi connectivity index (χ2n) is 7.24. The average Bonchev–Trinajstić information content (AvgIpc) is 2.59. The Balaban J connectivity index is 2.56. The number of phenols is 1. The molecule has 0 amide bonds.